The highest BCUT2D eigenvalue weighted by atomic mass is 16.6. The number of aliphatic hydroxyl groups is 3. The molecule has 1 amide bonds. The molecule has 0 bridgehead atoms. The lowest BCUT2D eigenvalue weighted by atomic mass is 10.1. The molecule has 232 valence electrons. The molecule has 2 heterocycles. The van der Waals surface area contributed by atoms with E-state index < -0.39 is 48.7 Å². The van der Waals surface area contributed by atoms with Gasteiger partial charge < -0.3 is 30.1 Å². The summed E-state index contributed by atoms with van der Waals surface area (Å²) < 4.78 is 11.7. The molecule has 3 rings (SSSR count). The van der Waals surface area contributed by atoms with E-state index in [1.165, 1.54) is 82.2 Å². The number of esters is 1. The van der Waals surface area contributed by atoms with Gasteiger partial charge in [-0.25, -0.2) is 9.59 Å². The molecule has 1 aromatic heterocycles. The molecule has 0 saturated carbocycles. The maximum Gasteiger partial charge on any atom is 0.351 e. The fourth-order valence-electron chi connectivity index (χ4n) is 4.95. The average Bonchev–Trinajstić information content (AvgIpc) is 3.28. The maximum absolute atomic E-state index is 12.8. The minimum atomic E-state index is -1.44. The van der Waals surface area contributed by atoms with E-state index in [1.807, 2.05) is 0 Å². The quantitative estimate of drug-likeness (QED) is 0.149. The summed E-state index contributed by atoms with van der Waals surface area (Å²) in [5.41, 5.74) is -0.406. The summed E-state index contributed by atoms with van der Waals surface area (Å²) in [5.74, 6) is -1.14. The van der Waals surface area contributed by atoms with Crippen molar-refractivity contribution in [1.29, 1.82) is 0 Å². The van der Waals surface area contributed by atoms with Gasteiger partial charge in [0, 0.05) is 11.8 Å². The van der Waals surface area contributed by atoms with Crippen molar-refractivity contribution in [3.63, 3.8) is 0 Å². The fraction of sp³-hybridized carbons (Fsp3) is 0.613. The Morgan fingerprint density at radius 1 is 0.929 bits per heavy atom. The van der Waals surface area contributed by atoms with Crippen molar-refractivity contribution < 1.29 is 34.4 Å². The van der Waals surface area contributed by atoms with Crippen LogP contribution in [-0.2, 0) is 9.47 Å². The van der Waals surface area contributed by atoms with Gasteiger partial charge in [0.15, 0.2) is 6.23 Å². The standard InChI is InChI=1S/C31H45N3O8/c1-2-3-4-5-6-7-8-9-10-11-12-13-19-41-30(39)23-16-14-15-22(20-23)28(38)32-25-17-18-34(31(40)33-25)29-27(37)26(36)24(21-35)42-29/h14-18,20,24,26-27,29,35-37H,2-13,19,21H2,1H3,(H,32,33,38,40)/t24-,26-,27+,29-/m1/s1. The second kappa shape index (κ2) is 17.7. The van der Waals surface area contributed by atoms with Crippen LogP contribution in [0.1, 0.15) is 111 Å². The van der Waals surface area contributed by atoms with Gasteiger partial charge in [-0.15, -0.1) is 0 Å². The number of carbonyl (C=O) groups is 2. The fourth-order valence-corrected chi connectivity index (χ4v) is 4.95. The van der Waals surface area contributed by atoms with E-state index >= 15 is 0 Å². The first-order valence-corrected chi connectivity index (χ1v) is 15.2. The molecule has 1 aliphatic rings. The number of benzene rings is 1. The zero-order chi connectivity index (χ0) is 30.3. The zero-order valence-corrected chi connectivity index (χ0v) is 24.5. The Bertz CT molecular complexity index is 1190. The van der Waals surface area contributed by atoms with Crippen molar-refractivity contribution >= 4 is 17.7 Å². The summed E-state index contributed by atoms with van der Waals surface area (Å²) in [5, 5.41) is 31.8. The predicted octanol–water partition coefficient (Wildman–Crippen LogP) is 3.97. The van der Waals surface area contributed by atoms with Gasteiger partial charge in [0.25, 0.3) is 5.91 Å². The average molecular weight is 588 g/mol. The number of unbranched alkanes of at least 4 members (excludes halogenated alkanes) is 11. The monoisotopic (exact) mass is 587 g/mol. The van der Waals surface area contributed by atoms with Crippen molar-refractivity contribution in [2.45, 2.75) is 109 Å². The van der Waals surface area contributed by atoms with Gasteiger partial charge in [0.1, 0.15) is 24.1 Å². The van der Waals surface area contributed by atoms with Crippen LogP contribution in [0.5, 0.6) is 0 Å². The highest BCUT2D eigenvalue weighted by Crippen LogP contribution is 2.28. The van der Waals surface area contributed by atoms with Gasteiger partial charge in [-0.2, -0.15) is 4.98 Å². The SMILES string of the molecule is CCCCCCCCCCCCCCOC(=O)c1cccc(C(=O)Nc2ccn([C@@H]3O[C@H](CO)[C@@H](O)[C@@H]3O)c(=O)n2)c1. The summed E-state index contributed by atoms with van der Waals surface area (Å²) in [7, 11) is 0. The number of ether oxygens (including phenoxy) is 2. The Morgan fingerprint density at radius 2 is 1.55 bits per heavy atom. The van der Waals surface area contributed by atoms with Crippen molar-refractivity contribution in [2.75, 3.05) is 18.5 Å². The first kappa shape index (κ1) is 33.4. The van der Waals surface area contributed by atoms with Crippen LogP contribution in [0.25, 0.3) is 0 Å². The number of aliphatic hydroxyl groups excluding tert-OH is 3. The van der Waals surface area contributed by atoms with Crippen LogP contribution in [0.3, 0.4) is 0 Å². The Labute approximate surface area is 246 Å². The maximum atomic E-state index is 12.8. The third kappa shape index (κ3) is 10.0. The molecular formula is C31H45N3O8. The molecular weight excluding hydrogens is 542 g/mol. The first-order chi connectivity index (χ1) is 20.3. The lowest BCUT2D eigenvalue weighted by Crippen LogP contribution is -2.36. The number of nitrogens with zero attached hydrogens (tertiary/aromatic N) is 2. The van der Waals surface area contributed by atoms with E-state index in [4.69, 9.17) is 9.47 Å². The molecule has 0 radical (unpaired) electrons. The molecule has 11 heteroatoms. The van der Waals surface area contributed by atoms with Gasteiger partial charge in [0.2, 0.25) is 0 Å². The van der Waals surface area contributed by atoms with Gasteiger partial charge >= 0.3 is 11.7 Å². The Hall–Kier alpha value is -3.12. The molecule has 1 aliphatic heterocycles. The normalized spacial score (nSPS) is 20.0. The van der Waals surface area contributed by atoms with Crippen molar-refractivity contribution in [2.24, 2.45) is 0 Å². The summed E-state index contributed by atoms with van der Waals surface area (Å²) >= 11 is 0. The molecule has 0 aliphatic carbocycles. The summed E-state index contributed by atoms with van der Waals surface area (Å²) in [6.07, 6.45) is 10.8. The van der Waals surface area contributed by atoms with E-state index in [-0.39, 0.29) is 16.9 Å². The number of nitrogens with one attached hydrogen (secondary N) is 1. The second-order valence-corrected chi connectivity index (χ2v) is 10.8. The molecule has 2 aromatic rings. The molecule has 0 spiro atoms. The molecule has 4 N–H and O–H groups in total. The van der Waals surface area contributed by atoms with E-state index in [2.05, 4.69) is 17.2 Å². The summed E-state index contributed by atoms with van der Waals surface area (Å²) in [6.45, 7) is 2.03. The van der Waals surface area contributed by atoms with Crippen LogP contribution in [-0.4, -0.2) is 68.3 Å². The third-order valence-electron chi connectivity index (χ3n) is 7.45. The second-order valence-electron chi connectivity index (χ2n) is 10.8. The minimum Gasteiger partial charge on any atom is -0.462 e. The largest absolute Gasteiger partial charge is 0.462 e. The minimum absolute atomic E-state index is 0.0482. The number of aromatic nitrogens is 2. The predicted molar refractivity (Wildman–Crippen MR) is 157 cm³/mol. The Kier molecular flexibility index (Phi) is 14.1. The molecule has 1 fully saturated rings. The molecule has 0 unspecified atom stereocenters. The molecule has 1 aromatic carbocycles. The van der Waals surface area contributed by atoms with Crippen molar-refractivity contribution in [1.82, 2.24) is 9.55 Å². The molecule has 11 nitrogen and oxygen atoms in total. The number of amides is 1. The Balaban J connectivity index is 1.39. The molecule has 42 heavy (non-hydrogen) atoms. The highest BCUT2D eigenvalue weighted by Gasteiger charge is 2.43. The highest BCUT2D eigenvalue weighted by molar-refractivity contribution is 6.05. The number of carbonyl (C=O) groups excluding carboxylic acids is 2. The Morgan fingerprint density at radius 3 is 2.14 bits per heavy atom. The third-order valence-corrected chi connectivity index (χ3v) is 7.45. The van der Waals surface area contributed by atoms with E-state index in [0.29, 0.717) is 6.61 Å². The van der Waals surface area contributed by atoms with Gasteiger partial charge in [-0.05, 0) is 30.7 Å². The van der Waals surface area contributed by atoms with E-state index in [1.54, 1.807) is 12.1 Å². The van der Waals surface area contributed by atoms with Crippen molar-refractivity contribution in [3.8, 4) is 0 Å². The topological polar surface area (TPSA) is 160 Å². The molecule has 4 atom stereocenters. The lowest BCUT2D eigenvalue weighted by Gasteiger charge is -2.17. The number of hydrogen-bond acceptors (Lipinski definition) is 9. The first-order valence-electron chi connectivity index (χ1n) is 15.2. The van der Waals surface area contributed by atoms with Crippen LogP contribution >= 0.6 is 0 Å². The van der Waals surface area contributed by atoms with Crippen LogP contribution < -0.4 is 11.0 Å². The number of anilines is 1. The smallest absolute Gasteiger partial charge is 0.351 e. The van der Waals surface area contributed by atoms with Crippen molar-refractivity contribution in [3.05, 3.63) is 58.1 Å². The van der Waals surface area contributed by atoms with E-state index in [9.17, 15) is 29.7 Å². The van der Waals surface area contributed by atoms with Crippen LogP contribution in [0.2, 0.25) is 0 Å². The van der Waals surface area contributed by atoms with E-state index in [0.717, 1.165) is 23.8 Å². The van der Waals surface area contributed by atoms with Gasteiger partial charge in [0.05, 0.1) is 18.8 Å². The van der Waals surface area contributed by atoms with Crippen LogP contribution in [0.15, 0.2) is 41.3 Å². The summed E-state index contributed by atoms with van der Waals surface area (Å²) in [4.78, 5) is 41.6. The van der Waals surface area contributed by atoms with Gasteiger partial charge in [-0.1, -0.05) is 83.6 Å². The number of hydrogen-bond donors (Lipinski definition) is 4. The van der Waals surface area contributed by atoms with Crippen LogP contribution in [0, 0.1) is 0 Å². The van der Waals surface area contributed by atoms with Crippen LogP contribution in [0.4, 0.5) is 5.82 Å². The number of rotatable bonds is 18. The van der Waals surface area contributed by atoms with Gasteiger partial charge in [-0.3, -0.25) is 9.36 Å². The lowest BCUT2D eigenvalue weighted by molar-refractivity contribution is -0.0549. The zero-order valence-electron chi connectivity index (χ0n) is 24.5. The molecule has 1 saturated heterocycles. The summed E-state index contributed by atoms with van der Waals surface area (Å²) in [6, 6.07) is 7.42.